The van der Waals surface area contributed by atoms with Gasteiger partial charge in [0.1, 0.15) is 4.90 Å². The molecule has 1 rings (SSSR count). The number of anilines is 1. The van der Waals surface area contributed by atoms with Gasteiger partial charge in [0, 0.05) is 21.2 Å². The number of rotatable bonds is 6. The Kier molecular flexibility index (Phi) is 6.26. The molecular weight excluding hydrogens is 424 g/mol. The predicted octanol–water partition coefficient (Wildman–Crippen LogP) is 2.87. The lowest BCUT2D eigenvalue weighted by Gasteiger charge is -2.25. The first-order chi connectivity index (χ1) is 9.44. The monoisotopic (exact) mass is 442 g/mol. The molecule has 8 heteroatoms. The van der Waals surface area contributed by atoms with Crippen LogP contribution >= 0.6 is 31.9 Å². The molecule has 1 atom stereocenters. The van der Waals surface area contributed by atoms with Gasteiger partial charge in [-0.1, -0.05) is 13.8 Å². The molecule has 4 N–H and O–H groups in total. The Morgan fingerprint density at radius 1 is 1.33 bits per heavy atom. The fraction of sp³-hybridized carbons (Fsp3) is 0.538. The van der Waals surface area contributed by atoms with Crippen LogP contribution in [0, 0.1) is 5.92 Å². The van der Waals surface area contributed by atoms with Gasteiger partial charge in [0.2, 0.25) is 10.0 Å². The molecule has 21 heavy (non-hydrogen) atoms. The minimum atomic E-state index is -3.77. The van der Waals surface area contributed by atoms with Crippen molar-refractivity contribution in [3.8, 4) is 0 Å². The summed E-state index contributed by atoms with van der Waals surface area (Å²) in [7, 11) is -3.77. The Balaban J connectivity index is 2.98. The zero-order chi connectivity index (χ0) is 16.4. The number of hydrogen-bond donors (Lipinski definition) is 3. The Morgan fingerprint density at radius 2 is 1.81 bits per heavy atom. The molecule has 1 aromatic carbocycles. The smallest absolute Gasteiger partial charge is 0.242 e. The molecule has 0 amide bonds. The molecule has 0 fully saturated rings. The minimum Gasteiger partial charge on any atom is -0.399 e. The van der Waals surface area contributed by atoms with Crippen LogP contribution in [-0.4, -0.2) is 25.7 Å². The molecule has 0 aromatic heterocycles. The van der Waals surface area contributed by atoms with Crippen molar-refractivity contribution in [3.63, 3.8) is 0 Å². The average molecular weight is 444 g/mol. The lowest BCUT2D eigenvalue weighted by Crippen LogP contribution is -2.41. The van der Waals surface area contributed by atoms with Gasteiger partial charge < -0.3 is 10.8 Å². The standard InChI is InChI=1S/C13H20Br2N2O3S/c1-8(2)6-13(3,18)7-17-21(19,20)12-10(14)4-9(16)5-11(12)15/h4-5,8,17-18H,6-7,16H2,1-3H3. The molecule has 120 valence electrons. The van der Waals surface area contributed by atoms with Crippen molar-refractivity contribution >= 4 is 47.6 Å². The number of benzene rings is 1. The molecule has 0 saturated carbocycles. The van der Waals surface area contributed by atoms with Crippen molar-refractivity contribution in [2.75, 3.05) is 12.3 Å². The van der Waals surface area contributed by atoms with Crippen LogP contribution in [0.3, 0.4) is 0 Å². The average Bonchev–Trinajstić information content (AvgIpc) is 2.23. The first kappa shape index (κ1) is 18.9. The zero-order valence-corrected chi connectivity index (χ0v) is 16.1. The Bertz CT molecular complexity index is 593. The molecule has 1 unspecified atom stereocenters. The second-order valence-corrected chi connectivity index (χ2v) is 9.15. The summed E-state index contributed by atoms with van der Waals surface area (Å²) in [5.74, 6) is 0.263. The van der Waals surface area contributed by atoms with E-state index in [4.69, 9.17) is 5.73 Å². The third-order valence-corrected chi connectivity index (χ3v) is 6.06. The van der Waals surface area contributed by atoms with E-state index in [1.165, 1.54) is 12.1 Å². The predicted molar refractivity (Wildman–Crippen MR) is 91.5 cm³/mol. The van der Waals surface area contributed by atoms with Gasteiger partial charge in [-0.3, -0.25) is 0 Å². The third kappa shape index (κ3) is 5.52. The van der Waals surface area contributed by atoms with E-state index in [2.05, 4.69) is 36.6 Å². The lowest BCUT2D eigenvalue weighted by atomic mass is 9.95. The normalized spacial score (nSPS) is 15.2. The molecule has 1 aromatic rings. The summed E-state index contributed by atoms with van der Waals surface area (Å²) < 4.78 is 28.0. The fourth-order valence-corrected chi connectivity index (χ4v) is 5.89. The molecule has 0 aliphatic rings. The van der Waals surface area contributed by atoms with Crippen molar-refractivity contribution in [2.24, 2.45) is 5.92 Å². The van der Waals surface area contributed by atoms with Crippen molar-refractivity contribution in [3.05, 3.63) is 21.1 Å². The molecule has 0 spiro atoms. The molecule has 5 nitrogen and oxygen atoms in total. The molecule has 0 saturated heterocycles. The summed E-state index contributed by atoms with van der Waals surface area (Å²) in [6.45, 7) is 5.49. The van der Waals surface area contributed by atoms with Crippen LogP contribution in [0.1, 0.15) is 27.2 Å². The fourth-order valence-electron chi connectivity index (χ4n) is 2.11. The SMILES string of the molecule is CC(C)CC(C)(O)CNS(=O)(=O)c1c(Br)cc(N)cc1Br. The van der Waals surface area contributed by atoms with Crippen LogP contribution in [0.25, 0.3) is 0 Å². The number of sulfonamides is 1. The maximum Gasteiger partial charge on any atom is 0.242 e. The van der Waals surface area contributed by atoms with E-state index < -0.39 is 15.6 Å². The second-order valence-electron chi connectivity index (χ2n) is 5.73. The van der Waals surface area contributed by atoms with Gasteiger partial charge in [-0.25, -0.2) is 13.1 Å². The number of nitrogens with one attached hydrogen (secondary N) is 1. The van der Waals surface area contributed by atoms with E-state index in [9.17, 15) is 13.5 Å². The van der Waals surface area contributed by atoms with E-state index in [-0.39, 0.29) is 17.4 Å². The lowest BCUT2D eigenvalue weighted by molar-refractivity contribution is 0.0436. The quantitative estimate of drug-likeness (QED) is 0.589. The number of nitrogen functional groups attached to an aromatic ring is 1. The van der Waals surface area contributed by atoms with Gasteiger partial charge in [-0.15, -0.1) is 0 Å². The first-order valence-corrected chi connectivity index (χ1v) is 9.48. The van der Waals surface area contributed by atoms with Gasteiger partial charge in [0.25, 0.3) is 0 Å². The highest BCUT2D eigenvalue weighted by Gasteiger charge is 2.27. The van der Waals surface area contributed by atoms with Gasteiger partial charge >= 0.3 is 0 Å². The minimum absolute atomic E-state index is 0.0588. The summed E-state index contributed by atoms with van der Waals surface area (Å²) in [5.41, 5.74) is 5.00. The Morgan fingerprint density at radius 3 is 2.24 bits per heavy atom. The van der Waals surface area contributed by atoms with E-state index in [1.807, 2.05) is 13.8 Å². The van der Waals surface area contributed by atoms with E-state index in [1.54, 1.807) is 6.92 Å². The molecule has 0 aliphatic carbocycles. The Hall–Kier alpha value is -0.150. The highest BCUT2D eigenvalue weighted by molar-refractivity contribution is 9.11. The first-order valence-electron chi connectivity index (χ1n) is 6.41. The van der Waals surface area contributed by atoms with E-state index in [0.29, 0.717) is 21.1 Å². The van der Waals surface area contributed by atoms with Crippen LogP contribution in [0.15, 0.2) is 26.0 Å². The van der Waals surface area contributed by atoms with Crippen LogP contribution in [0.5, 0.6) is 0 Å². The van der Waals surface area contributed by atoms with Crippen molar-refractivity contribution in [2.45, 2.75) is 37.7 Å². The van der Waals surface area contributed by atoms with Crippen molar-refractivity contribution < 1.29 is 13.5 Å². The van der Waals surface area contributed by atoms with Crippen LogP contribution in [0.2, 0.25) is 0 Å². The van der Waals surface area contributed by atoms with Gasteiger partial charge in [-0.05, 0) is 63.3 Å². The number of hydrogen-bond acceptors (Lipinski definition) is 4. The molecule has 0 radical (unpaired) electrons. The zero-order valence-electron chi connectivity index (χ0n) is 12.2. The maximum absolute atomic E-state index is 12.4. The van der Waals surface area contributed by atoms with Crippen LogP contribution < -0.4 is 10.5 Å². The Labute approximate surface area is 142 Å². The van der Waals surface area contributed by atoms with Crippen molar-refractivity contribution in [1.82, 2.24) is 4.72 Å². The van der Waals surface area contributed by atoms with Crippen LogP contribution in [-0.2, 0) is 10.0 Å². The summed E-state index contributed by atoms with van der Waals surface area (Å²) in [5, 5.41) is 10.2. The van der Waals surface area contributed by atoms with Gasteiger partial charge in [0.15, 0.2) is 0 Å². The van der Waals surface area contributed by atoms with E-state index >= 15 is 0 Å². The number of halogens is 2. The van der Waals surface area contributed by atoms with E-state index in [0.717, 1.165) is 0 Å². The highest BCUT2D eigenvalue weighted by atomic mass is 79.9. The van der Waals surface area contributed by atoms with Crippen molar-refractivity contribution in [1.29, 1.82) is 0 Å². The maximum atomic E-state index is 12.4. The van der Waals surface area contributed by atoms with Crippen LogP contribution in [0.4, 0.5) is 5.69 Å². The molecule has 0 aliphatic heterocycles. The topological polar surface area (TPSA) is 92.4 Å². The summed E-state index contributed by atoms with van der Waals surface area (Å²) in [6.07, 6.45) is 0.500. The molecule has 0 heterocycles. The summed E-state index contributed by atoms with van der Waals surface area (Å²) in [6, 6.07) is 3.04. The largest absolute Gasteiger partial charge is 0.399 e. The molecular formula is C13H20Br2N2O3S. The third-order valence-electron chi connectivity index (χ3n) is 2.78. The summed E-state index contributed by atoms with van der Waals surface area (Å²) >= 11 is 6.41. The van der Waals surface area contributed by atoms with Gasteiger partial charge in [0.05, 0.1) is 5.60 Å². The van der Waals surface area contributed by atoms with Gasteiger partial charge in [-0.2, -0.15) is 0 Å². The molecule has 0 bridgehead atoms. The number of nitrogens with two attached hydrogens (primary N) is 1. The second kappa shape index (κ2) is 6.95. The highest BCUT2D eigenvalue weighted by Crippen LogP contribution is 2.32. The summed E-state index contributed by atoms with van der Waals surface area (Å²) in [4.78, 5) is 0.0667. The number of aliphatic hydroxyl groups is 1.